The Morgan fingerprint density at radius 2 is 2.33 bits per heavy atom. The van der Waals surface area contributed by atoms with Crippen molar-refractivity contribution in [1.82, 2.24) is 10.2 Å². The zero-order valence-corrected chi connectivity index (χ0v) is 14.9. The molecule has 118 valence electrons. The molecule has 0 aromatic heterocycles. The number of piperidine rings is 1. The quantitative estimate of drug-likeness (QED) is 0.738. The molecule has 1 aromatic rings. The molecule has 5 heteroatoms. The highest BCUT2D eigenvalue weighted by molar-refractivity contribution is 9.10. The van der Waals surface area contributed by atoms with Gasteiger partial charge in [-0.05, 0) is 49.5 Å². The van der Waals surface area contributed by atoms with Gasteiger partial charge in [-0.3, -0.25) is 4.90 Å². The lowest BCUT2D eigenvalue weighted by molar-refractivity contribution is 0.159. The fourth-order valence-electron chi connectivity index (χ4n) is 2.83. The van der Waals surface area contributed by atoms with E-state index in [2.05, 4.69) is 38.3 Å². The zero-order chi connectivity index (χ0) is 15.1. The predicted molar refractivity (Wildman–Crippen MR) is 91.9 cm³/mol. The summed E-state index contributed by atoms with van der Waals surface area (Å²) in [4.78, 5) is 2.52. The first-order chi connectivity index (χ1) is 10.2. The Hall–Kier alpha value is -0.130. The number of benzene rings is 1. The Labute approximate surface area is 141 Å². The number of nitrogens with zero attached hydrogens (tertiary/aromatic N) is 1. The van der Waals surface area contributed by atoms with Crippen LogP contribution in [0.15, 0.2) is 22.7 Å². The Morgan fingerprint density at radius 1 is 1.48 bits per heavy atom. The van der Waals surface area contributed by atoms with Crippen LogP contribution in [0, 0.1) is 5.92 Å². The summed E-state index contributed by atoms with van der Waals surface area (Å²) in [6.45, 7) is 6.05. The normalized spacial score (nSPS) is 19.9. The summed E-state index contributed by atoms with van der Waals surface area (Å²) in [6.07, 6.45) is 2.58. The average molecular weight is 376 g/mol. The van der Waals surface area contributed by atoms with Crippen LogP contribution >= 0.6 is 27.5 Å². The summed E-state index contributed by atoms with van der Waals surface area (Å²) in [5.41, 5.74) is 1.22. The molecule has 1 aliphatic rings. The molecule has 1 heterocycles. The van der Waals surface area contributed by atoms with Crippen LogP contribution < -0.4 is 5.32 Å². The highest BCUT2D eigenvalue weighted by Gasteiger charge is 2.20. The molecule has 1 aromatic carbocycles. The monoisotopic (exact) mass is 374 g/mol. The topological polar surface area (TPSA) is 24.5 Å². The third-order valence-electron chi connectivity index (χ3n) is 3.93. The molecular weight excluding hydrogens is 352 g/mol. The molecule has 0 radical (unpaired) electrons. The van der Waals surface area contributed by atoms with E-state index >= 15 is 0 Å². The molecule has 1 saturated heterocycles. The van der Waals surface area contributed by atoms with Gasteiger partial charge in [-0.25, -0.2) is 0 Å². The minimum Gasteiger partial charge on any atom is -0.383 e. The van der Waals surface area contributed by atoms with Gasteiger partial charge in [0.05, 0.1) is 6.61 Å². The van der Waals surface area contributed by atoms with Crippen LogP contribution in [0.5, 0.6) is 0 Å². The van der Waals surface area contributed by atoms with Crippen molar-refractivity contribution in [2.24, 2.45) is 5.92 Å². The van der Waals surface area contributed by atoms with Gasteiger partial charge in [-0.1, -0.05) is 33.6 Å². The average Bonchev–Trinajstić information content (AvgIpc) is 2.47. The fourth-order valence-corrected chi connectivity index (χ4v) is 3.57. The molecule has 0 aliphatic carbocycles. The molecule has 0 bridgehead atoms. The number of nitrogens with one attached hydrogen (secondary N) is 1. The number of halogens is 2. The van der Waals surface area contributed by atoms with E-state index in [0.717, 1.165) is 48.2 Å². The van der Waals surface area contributed by atoms with Crippen LogP contribution in [0.2, 0.25) is 5.02 Å². The molecule has 0 saturated carbocycles. The smallest absolute Gasteiger partial charge is 0.0587 e. The summed E-state index contributed by atoms with van der Waals surface area (Å²) in [5, 5.41) is 4.33. The molecule has 2 rings (SSSR count). The van der Waals surface area contributed by atoms with Crippen molar-refractivity contribution in [2.75, 3.05) is 39.9 Å². The second kappa shape index (κ2) is 9.11. The number of rotatable bonds is 7. The van der Waals surface area contributed by atoms with Gasteiger partial charge >= 0.3 is 0 Å². The largest absolute Gasteiger partial charge is 0.383 e. The maximum absolute atomic E-state index is 6.32. The van der Waals surface area contributed by atoms with E-state index in [1.165, 1.54) is 24.9 Å². The van der Waals surface area contributed by atoms with Gasteiger partial charge in [-0.2, -0.15) is 0 Å². The first kappa shape index (κ1) is 17.2. The molecule has 1 N–H and O–H groups in total. The Kier molecular flexibility index (Phi) is 7.47. The second-order valence-corrected chi connectivity index (χ2v) is 7.00. The highest BCUT2D eigenvalue weighted by atomic mass is 79.9. The third-order valence-corrected chi connectivity index (χ3v) is 4.77. The van der Waals surface area contributed by atoms with Crippen LogP contribution in [0.4, 0.5) is 0 Å². The van der Waals surface area contributed by atoms with Crippen molar-refractivity contribution in [2.45, 2.75) is 19.4 Å². The van der Waals surface area contributed by atoms with E-state index in [1.54, 1.807) is 7.11 Å². The summed E-state index contributed by atoms with van der Waals surface area (Å²) >= 11 is 9.78. The molecule has 0 amide bonds. The standard InChI is InChI=1S/C16H24BrClN2O/c1-21-8-6-19-10-13-3-2-7-20(11-13)12-14-4-5-15(17)9-16(14)18/h4-5,9,13,19H,2-3,6-8,10-12H2,1H3. The number of hydrogen-bond donors (Lipinski definition) is 1. The van der Waals surface area contributed by atoms with Crippen LogP contribution in [-0.2, 0) is 11.3 Å². The lowest BCUT2D eigenvalue weighted by Crippen LogP contribution is -2.39. The van der Waals surface area contributed by atoms with Gasteiger partial charge in [0.25, 0.3) is 0 Å². The van der Waals surface area contributed by atoms with Gasteiger partial charge in [0.1, 0.15) is 0 Å². The number of likely N-dealkylation sites (tertiary alicyclic amines) is 1. The molecule has 1 aliphatic heterocycles. The molecule has 1 fully saturated rings. The Bertz CT molecular complexity index is 444. The molecular formula is C16H24BrClN2O. The molecule has 1 unspecified atom stereocenters. The van der Waals surface area contributed by atoms with Crippen LogP contribution in [-0.4, -0.2) is 44.8 Å². The SMILES string of the molecule is COCCNCC1CCCN(Cc2ccc(Br)cc2Cl)C1. The van der Waals surface area contributed by atoms with E-state index < -0.39 is 0 Å². The van der Waals surface area contributed by atoms with Crippen LogP contribution in [0.1, 0.15) is 18.4 Å². The van der Waals surface area contributed by atoms with E-state index in [-0.39, 0.29) is 0 Å². The highest BCUT2D eigenvalue weighted by Crippen LogP contribution is 2.24. The van der Waals surface area contributed by atoms with E-state index in [1.807, 2.05) is 6.07 Å². The van der Waals surface area contributed by atoms with E-state index in [0.29, 0.717) is 0 Å². The Morgan fingerprint density at radius 3 is 3.10 bits per heavy atom. The van der Waals surface area contributed by atoms with Crippen LogP contribution in [0.3, 0.4) is 0 Å². The van der Waals surface area contributed by atoms with Crippen molar-refractivity contribution in [1.29, 1.82) is 0 Å². The van der Waals surface area contributed by atoms with E-state index in [4.69, 9.17) is 16.3 Å². The van der Waals surface area contributed by atoms with Crippen LogP contribution in [0.25, 0.3) is 0 Å². The van der Waals surface area contributed by atoms with E-state index in [9.17, 15) is 0 Å². The van der Waals surface area contributed by atoms with Crippen molar-refractivity contribution >= 4 is 27.5 Å². The molecule has 3 nitrogen and oxygen atoms in total. The summed E-state index contributed by atoms with van der Waals surface area (Å²) < 4.78 is 6.10. The third kappa shape index (κ3) is 5.87. The maximum atomic E-state index is 6.32. The van der Waals surface area contributed by atoms with Gasteiger partial charge < -0.3 is 10.1 Å². The summed E-state index contributed by atoms with van der Waals surface area (Å²) in [5.74, 6) is 0.727. The fraction of sp³-hybridized carbons (Fsp3) is 0.625. The molecule has 21 heavy (non-hydrogen) atoms. The zero-order valence-electron chi connectivity index (χ0n) is 12.6. The minimum atomic E-state index is 0.727. The first-order valence-corrected chi connectivity index (χ1v) is 8.72. The van der Waals surface area contributed by atoms with Gasteiger partial charge in [0, 0.05) is 36.2 Å². The maximum Gasteiger partial charge on any atom is 0.0587 e. The number of hydrogen-bond acceptors (Lipinski definition) is 3. The van der Waals surface area contributed by atoms with Gasteiger partial charge in [0.15, 0.2) is 0 Å². The number of methoxy groups -OCH3 is 1. The van der Waals surface area contributed by atoms with Crippen molar-refractivity contribution in [3.05, 3.63) is 33.3 Å². The molecule has 1 atom stereocenters. The van der Waals surface area contributed by atoms with Gasteiger partial charge in [-0.15, -0.1) is 0 Å². The molecule has 0 spiro atoms. The first-order valence-electron chi connectivity index (χ1n) is 7.55. The van der Waals surface area contributed by atoms with Crippen molar-refractivity contribution in [3.63, 3.8) is 0 Å². The lowest BCUT2D eigenvalue weighted by atomic mass is 9.97. The second-order valence-electron chi connectivity index (χ2n) is 5.68. The minimum absolute atomic E-state index is 0.727. The summed E-state index contributed by atoms with van der Waals surface area (Å²) in [6, 6.07) is 6.16. The lowest BCUT2D eigenvalue weighted by Gasteiger charge is -2.33. The van der Waals surface area contributed by atoms with Crippen molar-refractivity contribution < 1.29 is 4.74 Å². The Balaban J connectivity index is 1.80. The predicted octanol–water partition coefficient (Wildman–Crippen LogP) is 3.55. The number of ether oxygens (including phenoxy) is 1. The summed E-state index contributed by atoms with van der Waals surface area (Å²) in [7, 11) is 1.74. The van der Waals surface area contributed by atoms with Gasteiger partial charge in [0.2, 0.25) is 0 Å². The van der Waals surface area contributed by atoms with Crippen molar-refractivity contribution in [3.8, 4) is 0 Å².